The lowest BCUT2D eigenvalue weighted by Gasteiger charge is -2.13. The van der Waals surface area contributed by atoms with Crippen molar-refractivity contribution in [2.24, 2.45) is 0 Å². The molecule has 0 radical (unpaired) electrons. The molecule has 0 aliphatic heterocycles. The number of H-pyrrole nitrogens is 1. The van der Waals surface area contributed by atoms with E-state index < -0.39 is 17.6 Å². The van der Waals surface area contributed by atoms with Crippen molar-refractivity contribution in [2.75, 3.05) is 5.32 Å². The van der Waals surface area contributed by atoms with Gasteiger partial charge in [-0.15, -0.1) is 0 Å². The Kier molecular flexibility index (Phi) is 6.56. The lowest BCUT2D eigenvalue weighted by atomic mass is 10.0. The van der Waals surface area contributed by atoms with E-state index >= 15 is 0 Å². The van der Waals surface area contributed by atoms with Crippen LogP contribution in [0.15, 0.2) is 86.2 Å². The first-order valence-electron chi connectivity index (χ1n) is 11.3. The molecular weight excluding hydrogens is 497 g/mol. The third-order valence-corrected chi connectivity index (χ3v) is 5.61. The maximum Gasteiger partial charge on any atom is 0.416 e. The number of nitrogens with zero attached hydrogens (tertiary/aromatic N) is 4. The van der Waals surface area contributed by atoms with E-state index in [2.05, 4.69) is 36.8 Å². The van der Waals surface area contributed by atoms with E-state index in [4.69, 9.17) is 4.74 Å². The van der Waals surface area contributed by atoms with Gasteiger partial charge in [-0.05, 0) is 48.0 Å². The normalized spacial score (nSPS) is 11.3. The molecule has 0 spiro atoms. The summed E-state index contributed by atoms with van der Waals surface area (Å²) in [6.45, 7) is 3.53. The van der Waals surface area contributed by atoms with Crippen molar-refractivity contribution in [3.63, 3.8) is 0 Å². The number of aromatic amines is 1. The van der Waals surface area contributed by atoms with E-state index in [0.717, 1.165) is 18.2 Å². The van der Waals surface area contributed by atoms with Crippen LogP contribution in [0.4, 0.5) is 18.9 Å². The van der Waals surface area contributed by atoms with Crippen molar-refractivity contribution in [2.45, 2.75) is 12.8 Å². The summed E-state index contributed by atoms with van der Waals surface area (Å²) in [4.78, 5) is 31.9. The van der Waals surface area contributed by atoms with Gasteiger partial charge in [-0.25, -0.2) is 15.0 Å². The number of amides is 1. The lowest BCUT2D eigenvalue weighted by molar-refractivity contribution is -0.137. The fraction of sp³-hybridized carbons (Fsp3) is 0.0741. The first kappa shape index (κ1) is 24.6. The molecule has 5 aromatic rings. The van der Waals surface area contributed by atoms with Crippen LogP contribution in [0, 0.1) is 0 Å². The van der Waals surface area contributed by atoms with Gasteiger partial charge in [0.05, 0.1) is 17.5 Å². The highest BCUT2D eigenvalue weighted by Gasteiger charge is 2.31. The summed E-state index contributed by atoms with van der Waals surface area (Å²) in [5.74, 6) is -0.225. The van der Waals surface area contributed by atoms with Crippen molar-refractivity contribution in [3.8, 4) is 28.1 Å². The topological polar surface area (TPSA) is 106 Å². The van der Waals surface area contributed by atoms with Gasteiger partial charge in [-0.1, -0.05) is 12.6 Å². The second-order valence-corrected chi connectivity index (χ2v) is 8.16. The minimum Gasteiger partial charge on any atom is -0.483 e. The standard InChI is InChI=1S/C27H19F3N6O2/c1-2-24(37)36-20-8-16(7-18(10-20)27(28,29)30)17-9-21-22(12-34-26(21)33-11-17)25-23(13-31-15-35-25)38-14-19-5-3-4-6-32-19/h2-13,15H,1,14H2,(H,33,34)(H,36,37). The van der Waals surface area contributed by atoms with Gasteiger partial charge in [-0.2, -0.15) is 13.2 Å². The monoisotopic (exact) mass is 516 g/mol. The van der Waals surface area contributed by atoms with Crippen LogP contribution in [0.1, 0.15) is 11.3 Å². The molecule has 0 aliphatic carbocycles. The van der Waals surface area contributed by atoms with Crippen LogP contribution in [0.5, 0.6) is 5.75 Å². The van der Waals surface area contributed by atoms with Crippen molar-refractivity contribution in [1.82, 2.24) is 24.9 Å². The number of nitrogens with one attached hydrogen (secondary N) is 2. The van der Waals surface area contributed by atoms with Crippen LogP contribution in [-0.2, 0) is 17.6 Å². The number of rotatable bonds is 7. The van der Waals surface area contributed by atoms with Gasteiger partial charge in [0.15, 0.2) is 5.75 Å². The average molecular weight is 516 g/mol. The second kappa shape index (κ2) is 10.1. The Morgan fingerprint density at radius 3 is 2.71 bits per heavy atom. The van der Waals surface area contributed by atoms with Crippen molar-refractivity contribution < 1.29 is 22.7 Å². The number of anilines is 1. The minimum absolute atomic E-state index is 0.0184. The zero-order valence-electron chi connectivity index (χ0n) is 19.7. The lowest BCUT2D eigenvalue weighted by Crippen LogP contribution is -2.10. The van der Waals surface area contributed by atoms with E-state index in [1.54, 1.807) is 24.5 Å². The Bertz CT molecular complexity index is 1630. The van der Waals surface area contributed by atoms with Gasteiger partial charge in [-0.3, -0.25) is 9.78 Å². The SMILES string of the molecule is C=CC(=O)Nc1cc(-c2cnc3[nH]cc(-c4ncncc4OCc4ccccn4)c3c2)cc(C(F)(F)F)c1. The highest BCUT2D eigenvalue weighted by molar-refractivity contribution is 6.00. The molecule has 190 valence electrons. The molecule has 5 rings (SSSR count). The molecule has 38 heavy (non-hydrogen) atoms. The van der Waals surface area contributed by atoms with Crippen molar-refractivity contribution in [3.05, 3.63) is 97.5 Å². The number of pyridine rings is 2. The smallest absolute Gasteiger partial charge is 0.416 e. The van der Waals surface area contributed by atoms with Gasteiger partial charge >= 0.3 is 6.18 Å². The number of hydrogen-bond donors (Lipinski definition) is 2. The number of aromatic nitrogens is 5. The van der Waals surface area contributed by atoms with Crippen LogP contribution in [0.3, 0.4) is 0 Å². The molecule has 0 bridgehead atoms. The van der Waals surface area contributed by atoms with Crippen molar-refractivity contribution >= 4 is 22.6 Å². The number of hydrogen-bond acceptors (Lipinski definition) is 6. The molecule has 0 saturated carbocycles. The molecule has 8 nitrogen and oxygen atoms in total. The molecule has 11 heteroatoms. The van der Waals surface area contributed by atoms with Crippen LogP contribution >= 0.6 is 0 Å². The first-order valence-corrected chi connectivity index (χ1v) is 11.3. The number of carbonyl (C=O) groups is 1. The number of halogens is 3. The zero-order chi connectivity index (χ0) is 26.7. The molecule has 0 aliphatic rings. The largest absolute Gasteiger partial charge is 0.483 e. The van der Waals surface area contributed by atoms with Crippen LogP contribution < -0.4 is 10.1 Å². The zero-order valence-corrected chi connectivity index (χ0v) is 19.7. The number of ether oxygens (including phenoxy) is 1. The molecule has 0 fully saturated rings. The third-order valence-electron chi connectivity index (χ3n) is 5.61. The maximum atomic E-state index is 13.6. The number of benzene rings is 1. The number of carbonyl (C=O) groups excluding carboxylic acids is 1. The van der Waals surface area contributed by atoms with Gasteiger partial charge < -0.3 is 15.0 Å². The highest BCUT2D eigenvalue weighted by Crippen LogP contribution is 2.37. The van der Waals surface area contributed by atoms with Crippen molar-refractivity contribution in [1.29, 1.82) is 0 Å². The van der Waals surface area contributed by atoms with E-state index in [9.17, 15) is 18.0 Å². The fourth-order valence-corrected chi connectivity index (χ4v) is 3.84. The Morgan fingerprint density at radius 2 is 1.95 bits per heavy atom. The molecule has 0 unspecified atom stereocenters. The summed E-state index contributed by atoms with van der Waals surface area (Å²) >= 11 is 0. The number of fused-ring (bicyclic) bond motifs is 1. The third kappa shape index (κ3) is 5.21. The summed E-state index contributed by atoms with van der Waals surface area (Å²) in [5.41, 5.74) is 2.02. The van der Waals surface area contributed by atoms with E-state index in [-0.39, 0.29) is 17.9 Å². The molecule has 0 atom stereocenters. The highest BCUT2D eigenvalue weighted by atomic mass is 19.4. The molecular formula is C27H19F3N6O2. The molecule has 1 aromatic carbocycles. The summed E-state index contributed by atoms with van der Waals surface area (Å²) in [6.07, 6.45) is 4.07. The molecule has 2 N–H and O–H groups in total. The van der Waals surface area contributed by atoms with Gasteiger partial charge in [0.2, 0.25) is 5.91 Å². The Morgan fingerprint density at radius 1 is 1.08 bits per heavy atom. The first-order chi connectivity index (χ1) is 18.3. The maximum absolute atomic E-state index is 13.6. The minimum atomic E-state index is -4.62. The second-order valence-electron chi connectivity index (χ2n) is 8.16. The van der Waals surface area contributed by atoms with Gasteiger partial charge in [0.1, 0.15) is 24.3 Å². The Hall–Kier alpha value is -5.06. The fourth-order valence-electron chi connectivity index (χ4n) is 3.84. The molecule has 0 saturated heterocycles. The summed E-state index contributed by atoms with van der Waals surface area (Å²) in [5, 5.41) is 3.01. The summed E-state index contributed by atoms with van der Waals surface area (Å²) < 4.78 is 46.8. The van der Waals surface area contributed by atoms with Gasteiger partial charge in [0, 0.05) is 40.8 Å². The average Bonchev–Trinajstić information content (AvgIpc) is 3.35. The predicted molar refractivity (Wildman–Crippen MR) is 135 cm³/mol. The predicted octanol–water partition coefficient (Wildman–Crippen LogP) is 5.80. The van der Waals surface area contributed by atoms with Crippen LogP contribution in [-0.4, -0.2) is 30.8 Å². The van der Waals surface area contributed by atoms with Crippen LogP contribution in [0.2, 0.25) is 0 Å². The van der Waals surface area contributed by atoms with E-state index in [1.165, 1.54) is 24.8 Å². The van der Waals surface area contributed by atoms with E-state index in [0.29, 0.717) is 39.3 Å². The molecule has 4 heterocycles. The molecule has 4 aromatic heterocycles. The van der Waals surface area contributed by atoms with Gasteiger partial charge in [0.25, 0.3) is 0 Å². The molecule has 1 amide bonds. The Labute approximate surface area is 214 Å². The summed E-state index contributed by atoms with van der Waals surface area (Å²) in [6, 6.07) is 10.5. The summed E-state index contributed by atoms with van der Waals surface area (Å²) in [7, 11) is 0. The number of alkyl halides is 3. The quantitative estimate of drug-likeness (QED) is 0.265. The Balaban J connectivity index is 1.56. The van der Waals surface area contributed by atoms with Crippen LogP contribution in [0.25, 0.3) is 33.4 Å². The van der Waals surface area contributed by atoms with E-state index in [1.807, 2.05) is 12.1 Å².